The van der Waals surface area contributed by atoms with Crippen molar-refractivity contribution >= 4 is 27.5 Å². The molecule has 0 saturated carbocycles. The van der Waals surface area contributed by atoms with Crippen LogP contribution < -0.4 is 11.2 Å². The molecule has 152 valence electrons. The Hall–Kier alpha value is -2.74. The van der Waals surface area contributed by atoms with E-state index in [0.717, 1.165) is 17.4 Å². The first kappa shape index (κ1) is 19.6. The second kappa shape index (κ2) is 7.94. The van der Waals surface area contributed by atoms with Crippen molar-refractivity contribution in [2.45, 2.75) is 32.9 Å². The van der Waals surface area contributed by atoms with E-state index in [2.05, 4.69) is 6.92 Å². The lowest BCUT2D eigenvalue weighted by Gasteiger charge is -2.30. The molecule has 2 aromatic heterocycles. The van der Waals surface area contributed by atoms with Crippen LogP contribution in [0.25, 0.3) is 10.2 Å². The molecule has 3 heterocycles. The van der Waals surface area contributed by atoms with Crippen LogP contribution in [-0.4, -0.2) is 33.0 Å². The summed E-state index contributed by atoms with van der Waals surface area (Å²) in [6.45, 7) is 3.49. The Labute approximate surface area is 170 Å². The number of fused-ring (bicyclic) bond motifs is 1. The van der Waals surface area contributed by atoms with Gasteiger partial charge in [-0.1, -0.05) is 19.1 Å². The molecule has 29 heavy (non-hydrogen) atoms. The molecule has 1 aliphatic heterocycles. The number of piperidine rings is 1. The van der Waals surface area contributed by atoms with Crippen molar-refractivity contribution in [2.75, 3.05) is 13.1 Å². The highest BCUT2D eigenvalue weighted by atomic mass is 32.1. The number of hydrogen-bond donors (Lipinski definition) is 0. The zero-order valence-electron chi connectivity index (χ0n) is 16.1. The van der Waals surface area contributed by atoms with Crippen LogP contribution >= 0.6 is 11.3 Å². The fraction of sp³-hybridized carbons (Fsp3) is 0.381. The van der Waals surface area contributed by atoms with E-state index in [0.29, 0.717) is 34.8 Å². The molecule has 1 amide bonds. The molecule has 1 aliphatic rings. The largest absolute Gasteiger partial charge is 0.341 e. The number of halogens is 1. The summed E-state index contributed by atoms with van der Waals surface area (Å²) < 4.78 is 16.1. The van der Waals surface area contributed by atoms with E-state index in [1.807, 2.05) is 0 Å². The van der Waals surface area contributed by atoms with Gasteiger partial charge in [-0.3, -0.25) is 18.7 Å². The number of thiophene rings is 1. The van der Waals surface area contributed by atoms with Crippen LogP contribution in [-0.2, 0) is 17.9 Å². The van der Waals surface area contributed by atoms with Crippen LogP contribution in [0.5, 0.6) is 0 Å². The molecular weight excluding hydrogens is 393 g/mol. The van der Waals surface area contributed by atoms with Gasteiger partial charge in [0.2, 0.25) is 5.91 Å². The van der Waals surface area contributed by atoms with Gasteiger partial charge in [-0.2, -0.15) is 0 Å². The Kier molecular flexibility index (Phi) is 5.36. The quantitative estimate of drug-likeness (QED) is 0.658. The van der Waals surface area contributed by atoms with Crippen LogP contribution in [0, 0.1) is 11.7 Å². The van der Waals surface area contributed by atoms with Gasteiger partial charge < -0.3 is 4.90 Å². The highest BCUT2D eigenvalue weighted by molar-refractivity contribution is 7.17. The monoisotopic (exact) mass is 415 g/mol. The number of nitrogens with zero attached hydrogens (tertiary/aromatic N) is 3. The molecule has 4 rings (SSSR count). The Morgan fingerprint density at radius 1 is 1.10 bits per heavy atom. The fourth-order valence-electron chi connectivity index (χ4n) is 3.69. The van der Waals surface area contributed by atoms with Gasteiger partial charge in [-0.25, -0.2) is 9.18 Å². The summed E-state index contributed by atoms with van der Waals surface area (Å²) >= 11 is 1.25. The minimum atomic E-state index is -0.524. The second-order valence-corrected chi connectivity index (χ2v) is 8.50. The summed E-state index contributed by atoms with van der Waals surface area (Å²) in [7, 11) is 0. The molecule has 1 aromatic carbocycles. The maximum atomic E-state index is 13.2. The van der Waals surface area contributed by atoms with E-state index >= 15 is 0 Å². The molecule has 0 N–H and O–H groups in total. The molecule has 0 radical (unpaired) electrons. The molecule has 8 heteroatoms. The lowest BCUT2D eigenvalue weighted by atomic mass is 9.99. The topological polar surface area (TPSA) is 64.3 Å². The molecule has 0 bridgehead atoms. The van der Waals surface area contributed by atoms with E-state index in [-0.39, 0.29) is 30.4 Å². The van der Waals surface area contributed by atoms with Crippen molar-refractivity contribution in [3.8, 4) is 0 Å². The lowest BCUT2D eigenvalue weighted by Crippen LogP contribution is -2.45. The van der Waals surface area contributed by atoms with Gasteiger partial charge in [-0.15, -0.1) is 11.3 Å². The predicted octanol–water partition coefficient (Wildman–Crippen LogP) is 2.67. The third-order valence-electron chi connectivity index (χ3n) is 5.52. The van der Waals surface area contributed by atoms with Gasteiger partial charge in [0.25, 0.3) is 5.56 Å². The number of likely N-dealkylation sites (tertiary alicyclic amines) is 1. The fourth-order valence-corrected chi connectivity index (χ4v) is 4.53. The molecule has 6 nitrogen and oxygen atoms in total. The van der Waals surface area contributed by atoms with Gasteiger partial charge in [0, 0.05) is 13.1 Å². The van der Waals surface area contributed by atoms with Gasteiger partial charge >= 0.3 is 5.69 Å². The zero-order valence-corrected chi connectivity index (χ0v) is 17.0. The Bertz CT molecular complexity index is 1150. The normalized spacial score (nSPS) is 15.2. The first-order valence-corrected chi connectivity index (χ1v) is 10.5. The molecule has 0 spiro atoms. The van der Waals surface area contributed by atoms with Crippen molar-refractivity contribution in [3.05, 3.63) is 67.9 Å². The van der Waals surface area contributed by atoms with Crippen LogP contribution in [0.1, 0.15) is 25.3 Å². The molecule has 1 fully saturated rings. The third-order valence-corrected chi connectivity index (χ3v) is 6.41. The Morgan fingerprint density at radius 2 is 1.79 bits per heavy atom. The van der Waals surface area contributed by atoms with E-state index < -0.39 is 5.69 Å². The van der Waals surface area contributed by atoms with Crippen molar-refractivity contribution in [3.63, 3.8) is 0 Å². The van der Waals surface area contributed by atoms with Gasteiger partial charge in [0.15, 0.2) is 0 Å². The summed E-state index contributed by atoms with van der Waals surface area (Å²) in [5.41, 5.74) is 0.215. The van der Waals surface area contributed by atoms with Crippen molar-refractivity contribution in [1.82, 2.24) is 14.0 Å². The van der Waals surface area contributed by atoms with E-state index in [4.69, 9.17) is 0 Å². The maximum absolute atomic E-state index is 13.2. The van der Waals surface area contributed by atoms with Gasteiger partial charge in [-0.05, 0) is 47.9 Å². The summed E-state index contributed by atoms with van der Waals surface area (Å²) in [4.78, 5) is 40.6. The number of rotatable bonds is 4. The Balaban J connectivity index is 1.71. The SMILES string of the molecule is CC1CCN(C(=O)Cn2c(=O)n(Cc3ccc(F)cc3)c(=O)c3sccc32)CC1. The molecule has 1 saturated heterocycles. The first-order chi connectivity index (χ1) is 13.9. The smallest absolute Gasteiger partial charge is 0.332 e. The van der Waals surface area contributed by atoms with E-state index in [1.54, 1.807) is 28.5 Å². The predicted molar refractivity (Wildman–Crippen MR) is 111 cm³/mol. The molecule has 0 unspecified atom stereocenters. The minimum Gasteiger partial charge on any atom is -0.341 e. The highest BCUT2D eigenvalue weighted by Gasteiger charge is 2.23. The van der Waals surface area contributed by atoms with Crippen LogP contribution in [0.15, 0.2) is 45.3 Å². The van der Waals surface area contributed by atoms with Crippen molar-refractivity contribution in [1.29, 1.82) is 0 Å². The summed E-state index contributed by atoms with van der Waals surface area (Å²) in [6, 6.07) is 7.39. The number of benzene rings is 1. The number of carbonyl (C=O) groups is 1. The summed E-state index contributed by atoms with van der Waals surface area (Å²) in [5, 5.41) is 1.75. The standard InChI is InChI=1S/C21H22FN3O3S/c1-14-6-9-23(10-7-14)18(26)13-24-17-8-11-29-19(17)20(27)25(21(24)28)12-15-2-4-16(22)5-3-15/h2-5,8,11,14H,6-7,9-10,12-13H2,1H3. The van der Waals surface area contributed by atoms with Gasteiger partial charge in [0.05, 0.1) is 12.1 Å². The highest BCUT2D eigenvalue weighted by Crippen LogP contribution is 2.18. The van der Waals surface area contributed by atoms with Crippen molar-refractivity contribution < 1.29 is 9.18 Å². The number of carbonyl (C=O) groups excluding carboxylic acids is 1. The number of aromatic nitrogens is 2. The lowest BCUT2D eigenvalue weighted by molar-refractivity contribution is -0.133. The minimum absolute atomic E-state index is 0.0290. The summed E-state index contributed by atoms with van der Waals surface area (Å²) in [5.74, 6) is 0.107. The maximum Gasteiger partial charge on any atom is 0.332 e. The number of amides is 1. The van der Waals surface area contributed by atoms with E-state index in [9.17, 15) is 18.8 Å². The average molecular weight is 415 g/mol. The Morgan fingerprint density at radius 3 is 2.48 bits per heavy atom. The zero-order chi connectivity index (χ0) is 20.5. The molecule has 3 aromatic rings. The van der Waals surface area contributed by atoms with Crippen LogP contribution in [0.3, 0.4) is 0 Å². The van der Waals surface area contributed by atoms with E-state index in [1.165, 1.54) is 28.0 Å². The summed E-state index contributed by atoms with van der Waals surface area (Å²) in [6.07, 6.45) is 1.91. The average Bonchev–Trinajstić information content (AvgIpc) is 3.20. The molecule has 0 aliphatic carbocycles. The third kappa shape index (κ3) is 3.89. The van der Waals surface area contributed by atoms with Gasteiger partial charge in [0.1, 0.15) is 17.1 Å². The van der Waals surface area contributed by atoms with Crippen LogP contribution in [0.2, 0.25) is 0 Å². The molecule has 0 atom stereocenters. The van der Waals surface area contributed by atoms with Crippen LogP contribution in [0.4, 0.5) is 4.39 Å². The molecular formula is C21H22FN3O3S. The second-order valence-electron chi connectivity index (χ2n) is 7.58. The van der Waals surface area contributed by atoms with Crippen molar-refractivity contribution in [2.24, 2.45) is 5.92 Å². The number of hydrogen-bond acceptors (Lipinski definition) is 4. The first-order valence-electron chi connectivity index (χ1n) is 9.67.